The third-order valence-electron chi connectivity index (χ3n) is 4.47. The summed E-state index contributed by atoms with van der Waals surface area (Å²) >= 11 is 0. The normalized spacial score (nSPS) is 25.1. The fraction of sp³-hybridized carbons (Fsp3) is 0.923. The van der Waals surface area contributed by atoms with Gasteiger partial charge in [-0.2, -0.15) is 0 Å². The van der Waals surface area contributed by atoms with E-state index in [2.05, 4.69) is 15.3 Å². The number of rotatable bonds is 1. The van der Waals surface area contributed by atoms with E-state index in [4.69, 9.17) is 5.84 Å². The van der Waals surface area contributed by atoms with Gasteiger partial charge in [0.2, 0.25) is 5.96 Å². The minimum absolute atomic E-state index is 0.653. The lowest BCUT2D eigenvalue weighted by Gasteiger charge is -2.44. The molecule has 1 aliphatic carbocycles. The fourth-order valence-corrected chi connectivity index (χ4v) is 3.38. The number of hydrogen-bond acceptors (Lipinski definition) is 2. The van der Waals surface area contributed by atoms with Crippen molar-refractivity contribution in [2.75, 3.05) is 19.6 Å². The average molecular weight is 238 g/mol. The first-order valence-corrected chi connectivity index (χ1v) is 7.06. The van der Waals surface area contributed by atoms with Crippen LogP contribution < -0.4 is 11.3 Å². The van der Waals surface area contributed by atoms with Crippen molar-refractivity contribution in [1.82, 2.24) is 10.3 Å². The monoisotopic (exact) mass is 238 g/mol. The molecule has 0 radical (unpaired) electrons. The van der Waals surface area contributed by atoms with Gasteiger partial charge in [0.05, 0.1) is 0 Å². The molecule has 98 valence electrons. The Labute approximate surface area is 105 Å². The summed E-state index contributed by atoms with van der Waals surface area (Å²) in [7, 11) is 0. The molecule has 0 aromatic carbocycles. The molecule has 0 aromatic heterocycles. The molecule has 4 heteroatoms. The fourth-order valence-electron chi connectivity index (χ4n) is 3.38. The maximum Gasteiger partial charge on any atom is 0.208 e. The van der Waals surface area contributed by atoms with Crippen molar-refractivity contribution in [3.8, 4) is 0 Å². The molecule has 1 saturated carbocycles. The summed E-state index contributed by atoms with van der Waals surface area (Å²) in [4.78, 5) is 6.72. The number of hydrogen-bond donors (Lipinski definition) is 2. The first-order valence-electron chi connectivity index (χ1n) is 7.06. The summed E-state index contributed by atoms with van der Waals surface area (Å²) in [5.41, 5.74) is 3.39. The molecule has 0 aromatic rings. The number of piperidine rings is 1. The van der Waals surface area contributed by atoms with E-state index in [-0.39, 0.29) is 0 Å². The van der Waals surface area contributed by atoms with Gasteiger partial charge in [-0.25, -0.2) is 5.84 Å². The van der Waals surface area contributed by atoms with Gasteiger partial charge in [0.1, 0.15) is 0 Å². The van der Waals surface area contributed by atoms with E-state index < -0.39 is 0 Å². The van der Waals surface area contributed by atoms with Crippen LogP contribution >= 0.6 is 0 Å². The van der Waals surface area contributed by atoms with E-state index in [1.807, 2.05) is 6.92 Å². The van der Waals surface area contributed by atoms with Crippen molar-refractivity contribution < 1.29 is 0 Å². The average Bonchev–Trinajstić information content (AvgIpc) is 2.38. The van der Waals surface area contributed by atoms with Crippen molar-refractivity contribution >= 4 is 5.96 Å². The Morgan fingerprint density at radius 1 is 1.18 bits per heavy atom. The summed E-state index contributed by atoms with van der Waals surface area (Å²) in [6, 6.07) is 0. The van der Waals surface area contributed by atoms with Gasteiger partial charge in [-0.3, -0.25) is 10.4 Å². The zero-order valence-electron chi connectivity index (χ0n) is 11.0. The van der Waals surface area contributed by atoms with E-state index in [1.165, 1.54) is 44.9 Å². The van der Waals surface area contributed by atoms with Gasteiger partial charge < -0.3 is 4.90 Å². The Hall–Kier alpha value is -0.770. The highest BCUT2D eigenvalue weighted by molar-refractivity contribution is 5.79. The topological polar surface area (TPSA) is 53.6 Å². The Morgan fingerprint density at radius 2 is 1.82 bits per heavy atom. The number of nitrogens with two attached hydrogens (primary N) is 1. The minimum Gasteiger partial charge on any atom is -0.342 e. The lowest BCUT2D eigenvalue weighted by molar-refractivity contribution is 0.0962. The van der Waals surface area contributed by atoms with Crippen LogP contribution in [0, 0.1) is 5.41 Å². The zero-order chi connectivity index (χ0) is 12.1. The van der Waals surface area contributed by atoms with Gasteiger partial charge >= 0.3 is 0 Å². The van der Waals surface area contributed by atoms with Gasteiger partial charge in [0.25, 0.3) is 0 Å². The minimum atomic E-state index is 0.653. The standard InChI is InChI=1S/C13H26N4/c1-2-15-12(16-14)17-10-8-13(9-11-17)6-4-3-5-7-13/h2-11,14H2,1H3,(H,15,16). The van der Waals surface area contributed by atoms with Crippen LogP contribution in [0.5, 0.6) is 0 Å². The smallest absolute Gasteiger partial charge is 0.208 e. The van der Waals surface area contributed by atoms with Crippen LogP contribution in [0.3, 0.4) is 0 Å². The molecule has 1 heterocycles. The van der Waals surface area contributed by atoms with E-state index in [1.54, 1.807) is 0 Å². The molecule has 1 spiro atoms. The summed E-state index contributed by atoms with van der Waals surface area (Å²) in [6.07, 6.45) is 9.83. The predicted octanol–water partition coefficient (Wildman–Crippen LogP) is 1.87. The first-order chi connectivity index (χ1) is 8.29. The van der Waals surface area contributed by atoms with Gasteiger partial charge in [0, 0.05) is 19.6 Å². The van der Waals surface area contributed by atoms with Gasteiger partial charge in [-0.1, -0.05) is 19.3 Å². The highest BCUT2D eigenvalue weighted by Crippen LogP contribution is 2.44. The van der Waals surface area contributed by atoms with Crippen LogP contribution in [-0.2, 0) is 0 Å². The van der Waals surface area contributed by atoms with Crippen LogP contribution in [0.4, 0.5) is 0 Å². The Bertz CT molecular complexity index is 259. The highest BCUT2D eigenvalue weighted by Gasteiger charge is 2.36. The summed E-state index contributed by atoms with van der Waals surface area (Å²) in [6.45, 7) is 5.07. The van der Waals surface area contributed by atoms with E-state index in [9.17, 15) is 0 Å². The largest absolute Gasteiger partial charge is 0.342 e. The molecule has 0 bridgehead atoms. The summed E-state index contributed by atoms with van der Waals surface area (Å²) in [5.74, 6) is 6.41. The molecule has 1 aliphatic heterocycles. The van der Waals surface area contributed by atoms with E-state index >= 15 is 0 Å². The number of guanidine groups is 1. The van der Waals surface area contributed by atoms with Gasteiger partial charge in [0.15, 0.2) is 0 Å². The Morgan fingerprint density at radius 3 is 2.35 bits per heavy atom. The second-order valence-electron chi connectivity index (χ2n) is 5.49. The summed E-state index contributed by atoms with van der Waals surface area (Å²) in [5, 5.41) is 0. The molecule has 4 nitrogen and oxygen atoms in total. The molecule has 17 heavy (non-hydrogen) atoms. The molecule has 1 saturated heterocycles. The number of nitrogens with zero attached hydrogens (tertiary/aromatic N) is 2. The van der Waals surface area contributed by atoms with Crippen molar-refractivity contribution in [3.63, 3.8) is 0 Å². The maximum atomic E-state index is 5.54. The second-order valence-corrected chi connectivity index (χ2v) is 5.49. The van der Waals surface area contributed by atoms with Crippen molar-refractivity contribution in [3.05, 3.63) is 0 Å². The molecule has 3 N–H and O–H groups in total. The van der Waals surface area contributed by atoms with Crippen molar-refractivity contribution in [1.29, 1.82) is 0 Å². The quantitative estimate of drug-likeness (QED) is 0.317. The molecule has 2 fully saturated rings. The van der Waals surface area contributed by atoms with Crippen molar-refractivity contribution in [2.45, 2.75) is 51.9 Å². The van der Waals surface area contributed by atoms with Crippen LogP contribution in [0.2, 0.25) is 0 Å². The van der Waals surface area contributed by atoms with E-state index in [0.29, 0.717) is 5.41 Å². The molecule has 2 rings (SSSR count). The highest BCUT2D eigenvalue weighted by atomic mass is 15.4. The SMILES string of the molecule is CCN=C(NN)N1CCC2(CCCCC2)CC1. The van der Waals surface area contributed by atoms with Gasteiger partial charge in [-0.15, -0.1) is 0 Å². The number of aliphatic imine (C=N–C) groups is 1. The lowest BCUT2D eigenvalue weighted by atomic mass is 9.68. The molecule has 0 amide bonds. The van der Waals surface area contributed by atoms with Crippen LogP contribution in [-0.4, -0.2) is 30.5 Å². The zero-order valence-corrected chi connectivity index (χ0v) is 11.0. The van der Waals surface area contributed by atoms with E-state index in [0.717, 1.165) is 25.6 Å². The third kappa shape index (κ3) is 2.92. The predicted molar refractivity (Wildman–Crippen MR) is 71.6 cm³/mol. The molecular weight excluding hydrogens is 212 g/mol. The molecular formula is C13H26N4. The number of nitrogens with one attached hydrogen (secondary N) is 1. The maximum absolute atomic E-state index is 5.54. The first kappa shape index (κ1) is 12.7. The van der Waals surface area contributed by atoms with Crippen LogP contribution in [0.1, 0.15) is 51.9 Å². The Kier molecular flexibility index (Phi) is 4.26. The number of likely N-dealkylation sites (tertiary alicyclic amines) is 1. The number of hydrazine groups is 1. The lowest BCUT2D eigenvalue weighted by Crippen LogP contribution is -2.50. The summed E-state index contributed by atoms with van der Waals surface area (Å²) < 4.78 is 0. The Balaban J connectivity index is 1.90. The third-order valence-corrected chi connectivity index (χ3v) is 4.47. The van der Waals surface area contributed by atoms with Crippen LogP contribution in [0.25, 0.3) is 0 Å². The van der Waals surface area contributed by atoms with Crippen LogP contribution in [0.15, 0.2) is 4.99 Å². The molecule has 0 atom stereocenters. The van der Waals surface area contributed by atoms with Gasteiger partial charge in [-0.05, 0) is 38.0 Å². The second kappa shape index (κ2) is 5.71. The molecule has 0 unspecified atom stereocenters. The molecule has 2 aliphatic rings. The van der Waals surface area contributed by atoms with Crippen molar-refractivity contribution in [2.24, 2.45) is 16.3 Å².